The molecule has 0 rings (SSSR count). The molecule has 1 amide bonds. The molecule has 0 saturated heterocycles. The monoisotopic (exact) mass is 934 g/mol. The van der Waals surface area contributed by atoms with Gasteiger partial charge >= 0.3 is 5.97 Å². The minimum absolute atomic E-state index is 0.0107. The van der Waals surface area contributed by atoms with E-state index in [4.69, 9.17) is 4.74 Å². The lowest BCUT2D eigenvalue weighted by Gasteiger charge is -2.22. The number of hydrogen-bond donors (Lipinski definition) is 3. The normalized spacial score (nSPS) is 12.5. The van der Waals surface area contributed by atoms with Gasteiger partial charge in [0.25, 0.3) is 0 Å². The third-order valence-corrected chi connectivity index (χ3v) is 14.4. The molecule has 0 heterocycles. The molecule has 0 aromatic carbocycles. The second-order valence-electron chi connectivity index (χ2n) is 21.1. The fourth-order valence-electron chi connectivity index (χ4n) is 9.76. The van der Waals surface area contributed by atoms with E-state index in [2.05, 4.69) is 19.2 Å². The maximum absolute atomic E-state index is 12.5. The van der Waals surface area contributed by atoms with Crippen LogP contribution in [0.4, 0.5) is 0 Å². The molecule has 0 aliphatic heterocycles. The molecule has 6 nitrogen and oxygen atoms in total. The lowest BCUT2D eigenvalue weighted by Crippen LogP contribution is -2.45. The summed E-state index contributed by atoms with van der Waals surface area (Å²) in [5.74, 6) is -0.0246. The maximum atomic E-state index is 12.5. The van der Waals surface area contributed by atoms with Crippen molar-refractivity contribution in [2.24, 2.45) is 0 Å². The van der Waals surface area contributed by atoms with Gasteiger partial charge in [0, 0.05) is 12.8 Å². The molecular formula is C60H119NO5. The lowest BCUT2D eigenvalue weighted by molar-refractivity contribution is -0.143. The Morgan fingerprint density at radius 1 is 0.364 bits per heavy atom. The first-order valence-corrected chi connectivity index (χ1v) is 30.3. The van der Waals surface area contributed by atoms with Crippen LogP contribution in [0.15, 0.2) is 0 Å². The summed E-state index contributed by atoms with van der Waals surface area (Å²) in [7, 11) is 0. The summed E-state index contributed by atoms with van der Waals surface area (Å²) >= 11 is 0. The number of esters is 1. The summed E-state index contributed by atoms with van der Waals surface area (Å²) in [6, 6.07) is -0.543. The van der Waals surface area contributed by atoms with E-state index in [0.29, 0.717) is 25.9 Å². The molecule has 3 N–H and O–H groups in total. The van der Waals surface area contributed by atoms with Crippen LogP contribution in [0.3, 0.4) is 0 Å². The van der Waals surface area contributed by atoms with Crippen molar-refractivity contribution in [3.05, 3.63) is 0 Å². The third kappa shape index (κ3) is 52.2. The van der Waals surface area contributed by atoms with Gasteiger partial charge in [-0.15, -0.1) is 0 Å². The highest BCUT2D eigenvalue weighted by Crippen LogP contribution is 2.18. The van der Waals surface area contributed by atoms with Gasteiger partial charge in [0.1, 0.15) is 0 Å². The summed E-state index contributed by atoms with van der Waals surface area (Å²) < 4.78 is 5.48. The van der Waals surface area contributed by atoms with Crippen LogP contribution in [0, 0.1) is 0 Å². The largest absolute Gasteiger partial charge is 0.466 e. The zero-order valence-electron chi connectivity index (χ0n) is 45.0. The van der Waals surface area contributed by atoms with Crippen LogP contribution in [0.1, 0.15) is 348 Å². The summed E-state index contributed by atoms with van der Waals surface area (Å²) in [4.78, 5) is 24.5. The summed E-state index contributed by atoms with van der Waals surface area (Å²) in [5, 5.41) is 23.3. The number of nitrogens with one attached hydrogen (secondary N) is 1. The highest BCUT2D eigenvalue weighted by atomic mass is 16.5. The highest BCUT2D eigenvalue weighted by Gasteiger charge is 2.20. The second kappa shape index (κ2) is 56.4. The van der Waals surface area contributed by atoms with Crippen LogP contribution in [0.25, 0.3) is 0 Å². The molecular weight excluding hydrogens is 815 g/mol. The Hall–Kier alpha value is -1.14. The molecule has 0 saturated carbocycles. The Balaban J connectivity index is 3.39. The van der Waals surface area contributed by atoms with Crippen molar-refractivity contribution >= 4 is 11.9 Å². The minimum atomic E-state index is -0.666. The number of aliphatic hydroxyl groups is 2. The summed E-state index contributed by atoms with van der Waals surface area (Å²) in [6.07, 6.45) is 65.3. The molecule has 0 aliphatic rings. The zero-order valence-corrected chi connectivity index (χ0v) is 45.0. The van der Waals surface area contributed by atoms with E-state index in [0.717, 1.165) is 38.5 Å². The number of aliphatic hydroxyl groups excluding tert-OH is 2. The molecule has 6 heteroatoms. The van der Waals surface area contributed by atoms with E-state index < -0.39 is 12.1 Å². The number of unbranched alkanes of at least 4 members (excludes halogenated alkanes) is 46. The molecule has 0 fully saturated rings. The fraction of sp³-hybridized carbons (Fsp3) is 0.967. The quantitative estimate of drug-likeness (QED) is 0.0417. The molecule has 0 spiro atoms. The highest BCUT2D eigenvalue weighted by molar-refractivity contribution is 5.76. The summed E-state index contributed by atoms with van der Waals surface area (Å²) in [5.41, 5.74) is 0. The van der Waals surface area contributed by atoms with E-state index in [1.54, 1.807) is 0 Å². The van der Waals surface area contributed by atoms with E-state index in [1.165, 1.54) is 276 Å². The molecule has 394 valence electrons. The van der Waals surface area contributed by atoms with Crippen LogP contribution >= 0.6 is 0 Å². The molecule has 0 aromatic heterocycles. The van der Waals surface area contributed by atoms with Gasteiger partial charge in [0.05, 0.1) is 25.4 Å². The predicted octanol–water partition coefficient (Wildman–Crippen LogP) is 18.7. The van der Waals surface area contributed by atoms with Crippen molar-refractivity contribution in [2.45, 2.75) is 360 Å². The number of ether oxygens (including phenoxy) is 1. The van der Waals surface area contributed by atoms with E-state index in [9.17, 15) is 19.8 Å². The molecule has 2 atom stereocenters. The van der Waals surface area contributed by atoms with Gasteiger partial charge in [-0.2, -0.15) is 0 Å². The topological polar surface area (TPSA) is 95.9 Å². The molecule has 66 heavy (non-hydrogen) atoms. The van der Waals surface area contributed by atoms with E-state index >= 15 is 0 Å². The first kappa shape index (κ1) is 64.9. The van der Waals surface area contributed by atoms with Gasteiger partial charge in [-0.3, -0.25) is 9.59 Å². The van der Waals surface area contributed by atoms with Crippen LogP contribution < -0.4 is 5.32 Å². The smallest absolute Gasteiger partial charge is 0.305 e. The zero-order chi connectivity index (χ0) is 47.9. The number of carbonyl (C=O) groups is 2. The molecule has 0 bridgehead atoms. The number of amides is 1. The van der Waals surface area contributed by atoms with Gasteiger partial charge < -0.3 is 20.3 Å². The minimum Gasteiger partial charge on any atom is -0.466 e. The van der Waals surface area contributed by atoms with Crippen LogP contribution in [-0.2, 0) is 14.3 Å². The Bertz CT molecular complexity index is 944. The number of hydrogen-bond acceptors (Lipinski definition) is 5. The fourth-order valence-corrected chi connectivity index (χ4v) is 9.76. The van der Waals surface area contributed by atoms with Gasteiger partial charge in [-0.1, -0.05) is 309 Å². The van der Waals surface area contributed by atoms with Crippen molar-refractivity contribution in [3.63, 3.8) is 0 Å². The van der Waals surface area contributed by atoms with Gasteiger partial charge in [0.15, 0.2) is 0 Å². The first-order chi connectivity index (χ1) is 32.5. The Morgan fingerprint density at radius 3 is 0.924 bits per heavy atom. The van der Waals surface area contributed by atoms with Crippen molar-refractivity contribution in [3.8, 4) is 0 Å². The number of carbonyl (C=O) groups excluding carboxylic acids is 2. The van der Waals surface area contributed by atoms with Crippen molar-refractivity contribution in [2.75, 3.05) is 13.2 Å². The predicted molar refractivity (Wildman–Crippen MR) is 287 cm³/mol. The molecule has 0 aromatic rings. The van der Waals surface area contributed by atoms with Gasteiger partial charge in [-0.25, -0.2) is 0 Å². The molecule has 0 aliphatic carbocycles. The SMILES string of the molecule is CCCCCCCCCCCCCCCCCCCC(O)C(CO)NC(=O)CCCCCCCCCCCCCCCCCCCCOC(=O)CCCCCCCCCCCCCCCC. The van der Waals surface area contributed by atoms with Crippen LogP contribution in [0.2, 0.25) is 0 Å². The summed E-state index contributed by atoms with van der Waals surface area (Å²) in [6.45, 7) is 4.98. The van der Waals surface area contributed by atoms with Gasteiger partial charge in [0.2, 0.25) is 5.91 Å². The average molecular weight is 935 g/mol. The van der Waals surface area contributed by atoms with Gasteiger partial charge in [-0.05, 0) is 25.7 Å². The Labute approximate surface area is 413 Å². The Kier molecular flexibility index (Phi) is 55.5. The third-order valence-electron chi connectivity index (χ3n) is 14.4. The lowest BCUT2D eigenvalue weighted by atomic mass is 10.0. The van der Waals surface area contributed by atoms with Crippen molar-refractivity contribution in [1.82, 2.24) is 5.32 Å². The standard InChI is InChI=1S/C60H119NO5/c1-3-5-7-9-11-13-15-17-19-22-25-28-32-36-40-44-48-52-58(63)57(56-62)61-59(64)53-49-45-41-37-33-29-26-23-20-21-24-27-31-35-39-43-47-51-55-66-60(65)54-50-46-42-38-34-30-18-16-14-12-10-8-6-4-2/h57-58,62-63H,3-56H2,1-2H3,(H,61,64). The molecule has 2 unspecified atom stereocenters. The maximum Gasteiger partial charge on any atom is 0.305 e. The molecule has 0 radical (unpaired) electrons. The first-order valence-electron chi connectivity index (χ1n) is 30.3. The van der Waals surface area contributed by atoms with Crippen molar-refractivity contribution < 1.29 is 24.5 Å². The van der Waals surface area contributed by atoms with Crippen molar-refractivity contribution in [1.29, 1.82) is 0 Å². The van der Waals surface area contributed by atoms with E-state index in [1.807, 2.05) is 0 Å². The number of rotatable bonds is 57. The Morgan fingerprint density at radius 2 is 0.621 bits per heavy atom. The second-order valence-corrected chi connectivity index (χ2v) is 21.1. The van der Waals surface area contributed by atoms with Crippen LogP contribution in [0.5, 0.6) is 0 Å². The van der Waals surface area contributed by atoms with Crippen LogP contribution in [-0.4, -0.2) is 47.4 Å². The average Bonchev–Trinajstić information content (AvgIpc) is 3.32. The van der Waals surface area contributed by atoms with E-state index in [-0.39, 0.29) is 18.5 Å².